The second-order valence-electron chi connectivity index (χ2n) is 4.66. The van der Waals surface area contributed by atoms with Gasteiger partial charge in [-0.2, -0.15) is 0 Å². The normalized spacial score (nSPS) is 12.2. The minimum Gasteiger partial charge on any atom is -0.347 e. The molecule has 1 unspecified atom stereocenters. The average molecular weight is 317 g/mol. The minimum atomic E-state index is -0.00768. The van der Waals surface area contributed by atoms with E-state index in [0.29, 0.717) is 0 Å². The van der Waals surface area contributed by atoms with Gasteiger partial charge in [0.15, 0.2) is 0 Å². The van der Waals surface area contributed by atoms with Crippen molar-refractivity contribution in [1.29, 1.82) is 0 Å². The number of nitrogens with zero attached hydrogens (tertiary/aromatic N) is 2. The van der Waals surface area contributed by atoms with Gasteiger partial charge in [0.05, 0.1) is 10.9 Å². The third-order valence-corrected chi connectivity index (χ3v) is 5.04. The molecule has 3 rings (SSSR count). The van der Waals surface area contributed by atoms with Crippen molar-refractivity contribution in [2.24, 2.45) is 0 Å². The summed E-state index contributed by atoms with van der Waals surface area (Å²) in [5.74, 6) is 0.829. The molecule has 3 aromatic rings. The molecule has 1 atom stereocenters. The molecule has 0 aliphatic rings. The van der Waals surface area contributed by atoms with E-state index in [4.69, 9.17) is 0 Å². The molecule has 0 bridgehead atoms. The van der Waals surface area contributed by atoms with Crippen LogP contribution in [0.2, 0.25) is 0 Å². The van der Waals surface area contributed by atoms with Gasteiger partial charge in [-0.15, -0.1) is 22.7 Å². The van der Waals surface area contributed by atoms with Crippen LogP contribution in [0.15, 0.2) is 47.4 Å². The number of carbonyl (C=O) groups is 1. The number of thiophene rings is 2. The molecule has 0 aliphatic carbocycles. The average Bonchev–Trinajstić information content (AvgIpc) is 3.21. The van der Waals surface area contributed by atoms with Crippen LogP contribution in [0.4, 0.5) is 0 Å². The zero-order valence-corrected chi connectivity index (χ0v) is 13.2. The lowest BCUT2D eigenvalue weighted by Crippen LogP contribution is -2.29. The summed E-state index contributed by atoms with van der Waals surface area (Å²) < 4.78 is 1.88. The van der Waals surface area contributed by atoms with Gasteiger partial charge in [-0.1, -0.05) is 12.1 Å². The maximum absolute atomic E-state index is 12.2. The molecule has 0 aromatic carbocycles. The van der Waals surface area contributed by atoms with Crippen molar-refractivity contribution in [2.75, 3.05) is 0 Å². The van der Waals surface area contributed by atoms with E-state index in [1.807, 2.05) is 52.7 Å². The molecular formula is C15H15N3OS2. The summed E-state index contributed by atoms with van der Waals surface area (Å²) in [6.45, 7) is 2.28. The summed E-state index contributed by atoms with van der Waals surface area (Å²) in [4.78, 5) is 18.8. The quantitative estimate of drug-likeness (QED) is 0.782. The lowest BCUT2D eigenvalue weighted by molar-refractivity contribution is -0.122. The summed E-state index contributed by atoms with van der Waals surface area (Å²) >= 11 is 3.27. The van der Waals surface area contributed by atoms with Gasteiger partial charge in [-0.25, -0.2) is 4.98 Å². The molecule has 0 saturated carbocycles. The molecule has 1 N–H and O–H groups in total. The van der Waals surface area contributed by atoms with Crippen LogP contribution in [0.5, 0.6) is 0 Å². The molecule has 0 fully saturated rings. The van der Waals surface area contributed by atoms with Gasteiger partial charge in [-0.05, 0) is 29.8 Å². The van der Waals surface area contributed by atoms with Crippen LogP contribution in [0.25, 0.3) is 10.7 Å². The van der Waals surface area contributed by atoms with Gasteiger partial charge in [0.1, 0.15) is 12.4 Å². The highest BCUT2D eigenvalue weighted by atomic mass is 32.1. The minimum absolute atomic E-state index is 0.00768. The summed E-state index contributed by atoms with van der Waals surface area (Å²) in [5, 5.41) is 7.04. The van der Waals surface area contributed by atoms with Crippen molar-refractivity contribution in [1.82, 2.24) is 14.9 Å². The summed E-state index contributed by atoms with van der Waals surface area (Å²) in [5.41, 5.74) is 0. The molecule has 21 heavy (non-hydrogen) atoms. The van der Waals surface area contributed by atoms with Gasteiger partial charge in [0, 0.05) is 17.3 Å². The first kappa shape index (κ1) is 14.0. The number of carbonyl (C=O) groups excluding carboxylic acids is 1. The van der Waals surface area contributed by atoms with Gasteiger partial charge in [0.25, 0.3) is 0 Å². The highest BCUT2D eigenvalue weighted by Crippen LogP contribution is 2.23. The Morgan fingerprint density at radius 3 is 2.86 bits per heavy atom. The molecule has 0 spiro atoms. The molecule has 1 amide bonds. The van der Waals surface area contributed by atoms with E-state index in [9.17, 15) is 4.79 Å². The molecule has 0 aliphatic heterocycles. The number of nitrogens with one attached hydrogen (secondary N) is 1. The maximum atomic E-state index is 12.2. The Morgan fingerprint density at radius 1 is 1.33 bits per heavy atom. The SMILES string of the molecule is CC(NC(=O)Cn1ccnc1-c1cccs1)c1cccs1. The lowest BCUT2D eigenvalue weighted by Gasteiger charge is -2.13. The van der Waals surface area contributed by atoms with Crippen molar-refractivity contribution in [3.63, 3.8) is 0 Å². The third-order valence-electron chi connectivity index (χ3n) is 3.12. The van der Waals surface area contributed by atoms with Gasteiger partial charge in [-0.3, -0.25) is 4.79 Å². The van der Waals surface area contributed by atoms with Crippen LogP contribution in [-0.2, 0) is 11.3 Å². The van der Waals surface area contributed by atoms with Crippen molar-refractivity contribution < 1.29 is 4.79 Å². The Morgan fingerprint density at radius 2 is 2.14 bits per heavy atom. The van der Waals surface area contributed by atoms with Crippen LogP contribution in [0.1, 0.15) is 17.8 Å². The molecule has 4 nitrogen and oxygen atoms in total. The highest BCUT2D eigenvalue weighted by molar-refractivity contribution is 7.13. The van der Waals surface area contributed by atoms with Gasteiger partial charge < -0.3 is 9.88 Å². The summed E-state index contributed by atoms with van der Waals surface area (Å²) in [6, 6.07) is 8.05. The Hall–Kier alpha value is -1.92. The number of rotatable bonds is 5. The first-order valence-electron chi connectivity index (χ1n) is 6.62. The second-order valence-corrected chi connectivity index (χ2v) is 6.59. The molecule has 3 aromatic heterocycles. The molecular weight excluding hydrogens is 302 g/mol. The van der Waals surface area contributed by atoms with E-state index in [1.165, 1.54) is 0 Å². The van der Waals surface area contributed by atoms with Crippen LogP contribution in [-0.4, -0.2) is 15.5 Å². The first-order chi connectivity index (χ1) is 10.2. The van der Waals surface area contributed by atoms with E-state index >= 15 is 0 Å². The number of amides is 1. The third kappa shape index (κ3) is 3.22. The molecule has 6 heteroatoms. The Labute approximate surface area is 131 Å². The van der Waals surface area contributed by atoms with Crippen LogP contribution >= 0.6 is 22.7 Å². The zero-order chi connectivity index (χ0) is 14.7. The Balaban J connectivity index is 1.67. The number of aromatic nitrogens is 2. The van der Waals surface area contributed by atoms with Gasteiger partial charge in [0.2, 0.25) is 5.91 Å². The van der Waals surface area contributed by atoms with E-state index < -0.39 is 0 Å². The molecule has 0 radical (unpaired) electrons. The van der Waals surface area contributed by atoms with Gasteiger partial charge >= 0.3 is 0 Å². The van der Waals surface area contributed by atoms with E-state index in [0.717, 1.165) is 15.6 Å². The van der Waals surface area contributed by atoms with Crippen LogP contribution in [0.3, 0.4) is 0 Å². The summed E-state index contributed by atoms with van der Waals surface area (Å²) in [7, 11) is 0. The monoisotopic (exact) mass is 317 g/mol. The van der Waals surface area contributed by atoms with Crippen molar-refractivity contribution in [2.45, 2.75) is 19.5 Å². The van der Waals surface area contributed by atoms with Crippen LogP contribution in [0, 0.1) is 0 Å². The number of imidazole rings is 1. The van der Waals surface area contributed by atoms with E-state index in [2.05, 4.69) is 10.3 Å². The van der Waals surface area contributed by atoms with E-state index in [-0.39, 0.29) is 18.5 Å². The first-order valence-corrected chi connectivity index (χ1v) is 8.38. The fourth-order valence-corrected chi connectivity index (χ4v) is 3.59. The van der Waals surface area contributed by atoms with Crippen LogP contribution < -0.4 is 5.32 Å². The van der Waals surface area contributed by atoms with E-state index in [1.54, 1.807) is 28.9 Å². The van der Waals surface area contributed by atoms with Crippen molar-refractivity contribution >= 4 is 28.6 Å². The topological polar surface area (TPSA) is 46.9 Å². The predicted molar refractivity (Wildman–Crippen MR) is 86.4 cm³/mol. The summed E-state index contributed by atoms with van der Waals surface area (Å²) in [6.07, 6.45) is 3.56. The Kier molecular flexibility index (Phi) is 4.17. The molecule has 0 saturated heterocycles. The Bertz CT molecular complexity index is 701. The fourth-order valence-electron chi connectivity index (χ4n) is 2.12. The lowest BCUT2D eigenvalue weighted by atomic mass is 10.3. The second kappa shape index (κ2) is 6.24. The maximum Gasteiger partial charge on any atom is 0.240 e. The smallest absolute Gasteiger partial charge is 0.240 e. The molecule has 108 valence electrons. The predicted octanol–water partition coefficient (Wildman–Crippen LogP) is 3.55. The van der Waals surface area contributed by atoms with Crippen molar-refractivity contribution in [3.8, 4) is 10.7 Å². The highest BCUT2D eigenvalue weighted by Gasteiger charge is 2.13. The largest absolute Gasteiger partial charge is 0.347 e. The number of hydrogen-bond donors (Lipinski definition) is 1. The molecule has 3 heterocycles. The standard InChI is InChI=1S/C15H15N3OS2/c1-11(12-4-2-8-20-12)17-14(19)10-18-7-6-16-15(18)13-5-3-9-21-13/h2-9,11H,10H2,1H3,(H,17,19). The fraction of sp³-hybridized carbons (Fsp3) is 0.200. The van der Waals surface area contributed by atoms with Crippen molar-refractivity contribution in [3.05, 3.63) is 52.3 Å². The number of hydrogen-bond acceptors (Lipinski definition) is 4. The zero-order valence-electron chi connectivity index (χ0n) is 11.5.